The molecule has 0 N–H and O–H groups in total. The van der Waals surface area contributed by atoms with Gasteiger partial charge in [-0.15, -0.1) is 0 Å². The van der Waals surface area contributed by atoms with Crippen LogP contribution in [-0.2, 0) is 0 Å². The number of carbonyl (C=O) groups excluding carboxylic acids is 1. The van der Waals surface area contributed by atoms with E-state index in [1.165, 1.54) is 0 Å². The molecule has 0 fully saturated rings. The predicted molar refractivity (Wildman–Crippen MR) is 112 cm³/mol. The summed E-state index contributed by atoms with van der Waals surface area (Å²) in [6.45, 7) is 16.1. The molecule has 0 saturated heterocycles. The zero-order chi connectivity index (χ0) is 19.4. The molecule has 0 saturated carbocycles. The molecule has 2 heteroatoms. The van der Waals surface area contributed by atoms with E-state index in [0.717, 1.165) is 16.9 Å². The molecule has 2 nitrogen and oxygen atoms in total. The fraction of sp³-hybridized carbons (Fsp3) is 0.435. The van der Waals surface area contributed by atoms with E-state index in [1.54, 1.807) is 0 Å². The molecule has 0 aromatic heterocycles. The lowest BCUT2D eigenvalue weighted by molar-refractivity contribution is 0.0908. The van der Waals surface area contributed by atoms with Crippen LogP contribution in [0.5, 0.6) is 0 Å². The molecule has 0 aliphatic carbocycles. The Labute approximate surface area is 154 Å². The van der Waals surface area contributed by atoms with Crippen molar-refractivity contribution in [1.29, 1.82) is 0 Å². The largest absolute Gasteiger partial charge is 0.337 e. The Kier molecular flexibility index (Phi) is 11.3. The summed E-state index contributed by atoms with van der Waals surface area (Å²) in [5.41, 5.74) is 2.99. The van der Waals surface area contributed by atoms with Gasteiger partial charge in [0, 0.05) is 23.2 Å². The highest BCUT2D eigenvalue weighted by Gasteiger charge is 2.35. The quantitative estimate of drug-likeness (QED) is 0.550. The number of benzene rings is 2. The molecule has 1 heterocycles. The van der Waals surface area contributed by atoms with E-state index in [-0.39, 0.29) is 17.7 Å². The number of hydrogen-bond acceptors (Lipinski definition) is 2. The molecule has 0 spiro atoms. The van der Waals surface area contributed by atoms with Gasteiger partial charge in [-0.05, 0) is 31.2 Å². The Balaban J connectivity index is 0.000000871. The first kappa shape index (κ1) is 22.9. The summed E-state index contributed by atoms with van der Waals surface area (Å²) in [4.78, 5) is 14.6. The van der Waals surface area contributed by atoms with Gasteiger partial charge in [-0.2, -0.15) is 0 Å². The number of ketones is 1. The van der Waals surface area contributed by atoms with Crippen LogP contribution >= 0.6 is 0 Å². The SMILES string of the molecule is CC.CC.CC.CC1C(=O)c2ccccc2N(c2ccccc2)C1C. The maximum atomic E-state index is 12.4. The van der Waals surface area contributed by atoms with E-state index in [9.17, 15) is 4.79 Å². The van der Waals surface area contributed by atoms with E-state index < -0.39 is 0 Å². The Bertz CT molecular complexity index is 606. The number of anilines is 2. The molecule has 1 aliphatic heterocycles. The highest BCUT2D eigenvalue weighted by molar-refractivity contribution is 6.06. The normalized spacial score (nSPS) is 17.6. The second kappa shape index (κ2) is 12.3. The zero-order valence-corrected chi connectivity index (χ0v) is 17.2. The van der Waals surface area contributed by atoms with E-state index in [4.69, 9.17) is 0 Å². The van der Waals surface area contributed by atoms with Crippen molar-refractivity contribution >= 4 is 17.2 Å². The number of para-hydroxylation sites is 2. The molecule has 3 rings (SSSR count). The third-order valence-corrected chi connectivity index (χ3v) is 4.01. The van der Waals surface area contributed by atoms with E-state index in [2.05, 4.69) is 24.0 Å². The second-order valence-electron chi connectivity index (χ2n) is 5.12. The van der Waals surface area contributed by atoms with Gasteiger partial charge in [0.05, 0.1) is 5.69 Å². The Morgan fingerprint density at radius 3 is 1.76 bits per heavy atom. The van der Waals surface area contributed by atoms with Crippen molar-refractivity contribution in [3.05, 3.63) is 60.2 Å². The lowest BCUT2D eigenvalue weighted by Gasteiger charge is -2.40. The van der Waals surface area contributed by atoms with E-state index >= 15 is 0 Å². The van der Waals surface area contributed by atoms with Crippen molar-refractivity contribution in [1.82, 2.24) is 0 Å². The molecule has 1 aliphatic rings. The standard InChI is InChI=1S/C17H17NO.3C2H6/c1-12-13(2)18(14-8-4-3-5-9-14)16-11-7-6-10-15(16)17(12)19;3*1-2/h3-13H,1-2H3;3*1-2H3. The van der Waals surface area contributed by atoms with Crippen molar-refractivity contribution in [2.75, 3.05) is 4.90 Å². The third kappa shape index (κ3) is 5.19. The first-order chi connectivity index (χ1) is 12.2. The summed E-state index contributed by atoms with van der Waals surface area (Å²) < 4.78 is 0. The lowest BCUT2D eigenvalue weighted by Crippen LogP contribution is -2.42. The number of fused-ring (bicyclic) bond motifs is 1. The van der Waals surface area contributed by atoms with Gasteiger partial charge in [-0.3, -0.25) is 4.79 Å². The van der Waals surface area contributed by atoms with Gasteiger partial charge in [0.2, 0.25) is 0 Å². The second-order valence-corrected chi connectivity index (χ2v) is 5.12. The van der Waals surface area contributed by atoms with Crippen LogP contribution in [0.25, 0.3) is 0 Å². The number of hydrogen-bond donors (Lipinski definition) is 0. The van der Waals surface area contributed by atoms with Crippen LogP contribution in [0.1, 0.15) is 65.7 Å². The molecule has 0 bridgehead atoms. The molecule has 2 aromatic rings. The van der Waals surface area contributed by atoms with Crippen molar-refractivity contribution in [2.45, 2.75) is 61.4 Å². The first-order valence-corrected chi connectivity index (χ1v) is 9.67. The topological polar surface area (TPSA) is 20.3 Å². The maximum Gasteiger partial charge on any atom is 0.169 e. The summed E-state index contributed by atoms with van der Waals surface area (Å²) in [7, 11) is 0. The van der Waals surface area contributed by atoms with Crippen LogP contribution < -0.4 is 4.90 Å². The predicted octanol–water partition coefficient (Wildman–Crippen LogP) is 7.12. The van der Waals surface area contributed by atoms with E-state index in [1.807, 2.05) is 90.9 Å². The lowest BCUT2D eigenvalue weighted by atomic mass is 9.86. The molecule has 2 atom stereocenters. The summed E-state index contributed by atoms with van der Waals surface area (Å²) in [6.07, 6.45) is 0. The molecular formula is C23H35NO. The molecule has 2 aromatic carbocycles. The molecule has 25 heavy (non-hydrogen) atoms. The third-order valence-electron chi connectivity index (χ3n) is 4.01. The van der Waals surface area contributed by atoms with Crippen molar-refractivity contribution in [3.8, 4) is 0 Å². The molecular weight excluding hydrogens is 306 g/mol. The minimum absolute atomic E-state index is 0.00936. The van der Waals surface area contributed by atoms with Gasteiger partial charge < -0.3 is 4.90 Å². The highest BCUT2D eigenvalue weighted by atomic mass is 16.1. The van der Waals surface area contributed by atoms with Gasteiger partial charge in [0.25, 0.3) is 0 Å². The Hall–Kier alpha value is -2.09. The monoisotopic (exact) mass is 341 g/mol. The zero-order valence-electron chi connectivity index (χ0n) is 17.2. The van der Waals surface area contributed by atoms with Crippen LogP contribution in [0.3, 0.4) is 0 Å². The van der Waals surface area contributed by atoms with Gasteiger partial charge in [0.15, 0.2) is 5.78 Å². The molecule has 2 unspecified atom stereocenters. The fourth-order valence-electron chi connectivity index (χ4n) is 2.76. The van der Waals surface area contributed by atoms with E-state index in [0.29, 0.717) is 0 Å². The Morgan fingerprint density at radius 2 is 1.20 bits per heavy atom. The average molecular weight is 342 g/mol. The van der Waals surface area contributed by atoms with Crippen LogP contribution in [0, 0.1) is 5.92 Å². The minimum Gasteiger partial charge on any atom is -0.337 e. The summed E-state index contributed by atoms with van der Waals surface area (Å²) in [5.74, 6) is 0.255. The van der Waals surface area contributed by atoms with Gasteiger partial charge >= 0.3 is 0 Å². The smallest absolute Gasteiger partial charge is 0.169 e. The first-order valence-electron chi connectivity index (χ1n) is 9.67. The van der Waals surface area contributed by atoms with Gasteiger partial charge in [-0.1, -0.05) is 78.8 Å². The minimum atomic E-state index is 0.00936. The fourth-order valence-corrected chi connectivity index (χ4v) is 2.76. The number of nitrogens with zero attached hydrogens (tertiary/aromatic N) is 1. The van der Waals surface area contributed by atoms with Gasteiger partial charge in [-0.25, -0.2) is 0 Å². The Morgan fingerprint density at radius 1 is 0.720 bits per heavy atom. The van der Waals surface area contributed by atoms with Crippen LogP contribution in [-0.4, -0.2) is 11.8 Å². The van der Waals surface area contributed by atoms with Crippen molar-refractivity contribution in [2.24, 2.45) is 5.92 Å². The number of rotatable bonds is 1. The number of carbonyl (C=O) groups is 1. The van der Waals surface area contributed by atoms with Crippen molar-refractivity contribution < 1.29 is 4.79 Å². The van der Waals surface area contributed by atoms with Gasteiger partial charge in [0.1, 0.15) is 0 Å². The van der Waals surface area contributed by atoms with Crippen molar-refractivity contribution in [3.63, 3.8) is 0 Å². The number of Topliss-reactive ketones (excluding diaryl/α,β-unsaturated/α-hetero) is 1. The molecule has 0 radical (unpaired) electrons. The van der Waals surface area contributed by atoms with Crippen LogP contribution in [0.4, 0.5) is 11.4 Å². The molecule has 138 valence electrons. The highest BCUT2D eigenvalue weighted by Crippen LogP contribution is 2.38. The molecule has 0 amide bonds. The maximum absolute atomic E-state index is 12.4. The summed E-state index contributed by atoms with van der Waals surface area (Å²) in [6, 6.07) is 18.3. The summed E-state index contributed by atoms with van der Waals surface area (Å²) >= 11 is 0. The summed E-state index contributed by atoms with van der Waals surface area (Å²) in [5, 5.41) is 0. The van der Waals surface area contributed by atoms with Crippen LogP contribution in [0.15, 0.2) is 54.6 Å². The van der Waals surface area contributed by atoms with Crippen LogP contribution in [0.2, 0.25) is 0 Å². The average Bonchev–Trinajstić information content (AvgIpc) is 2.72.